The molecule has 1 aromatic carbocycles. The van der Waals surface area contributed by atoms with Crippen LogP contribution >= 0.6 is 0 Å². The predicted octanol–water partition coefficient (Wildman–Crippen LogP) is 1.88. The van der Waals surface area contributed by atoms with Crippen LogP contribution in [0.5, 0.6) is 0 Å². The lowest BCUT2D eigenvalue weighted by atomic mass is 10.0. The second-order valence-corrected chi connectivity index (χ2v) is 3.59. The average Bonchev–Trinajstić information content (AvgIpc) is 2.18. The van der Waals surface area contributed by atoms with Crippen molar-refractivity contribution in [2.24, 2.45) is 0 Å². The maximum absolute atomic E-state index is 13.0. The molecule has 2 atom stereocenters. The summed E-state index contributed by atoms with van der Waals surface area (Å²) in [5.41, 5.74) is 0.907. The Bertz CT molecular complexity index is 316. The maximum Gasteiger partial charge on any atom is 0.123 e. The monoisotopic (exact) mass is 195 g/mol. The molecule has 2 nitrogen and oxygen atoms in total. The summed E-state index contributed by atoms with van der Waals surface area (Å²) in [6.07, 6.45) is -0.0283. The topological polar surface area (TPSA) is 21.3 Å². The predicted molar refractivity (Wildman–Crippen MR) is 52.6 cm³/mol. The van der Waals surface area contributed by atoms with Crippen molar-refractivity contribution in [3.8, 4) is 0 Å². The van der Waals surface area contributed by atoms with Crippen molar-refractivity contribution in [3.63, 3.8) is 0 Å². The van der Waals surface area contributed by atoms with Gasteiger partial charge in [0.05, 0.1) is 12.7 Å². The van der Waals surface area contributed by atoms with E-state index >= 15 is 0 Å². The normalized spacial score (nSPS) is 27.6. The Morgan fingerprint density at radius 2 is 2.36 bits per heavy atom. The van der Waals surface area contributed by atoms with E-state index in [1.807, 2.05) is 6.07 Å². The van der Waals surface area contributed by atoms with Gasteiger partial charge < -0.3 is 10.1 Å². The molecular weight excluding hydrogens is 181 g/mol. The number of nitrogens with one attached hydrogen (secondary N) is 1. The fourth-order valence-corrected chi connectivity index (χ4v) is 1.79. The highest BCUT2D eigenvalue weighted by molar-refractivity contribution is 5.20. The minimum Gasteiger partial charge on any atom is -0.371 e. The molecule has 2 rings (SSSR count). The van der Waals surface area contributed by atoms with Gasteiger partial charge in [0.1, 0.15) is 5.82 Å². The van der Waals surface area contributed by atoms with Crippen molar-refractivity contribution in [1.82, 2.24) is 5.32 Å². The summed E-state index contributed by atoms with van der Waals surface area (Å²) in [5.74, 6) is -0.205. The first-order valence-corrected chi connectivity index (χ1v) is 4.88. The van der Waals surface area contributed by atoms with Gasteiger partial charge in [-0.25, -0.2) is 4.39 Å². The molecule has 14 heavy (non-hydrogen) atoms. The van der Waals surface area contributed by atoms with E-state index in [2.05, 4.69) is 12.2 Å². The molecule has 1 saturated heterocycles. The van der Waals surface area contributed by atoms with Crippen LogP contribution in [0, 0.1) is 5.82 Å². The van der Waals surface area contributed by atoms with Crippen molar-refractivity contribution >= 4 is 0 Å². The molecular formula is C11H14FNO. The van der Waals surface area contributed by atoms with Crippen molar-refractivity contribution < 1.29 is 9.13 Å². The number of rotatable bonds is 1. The Balaban J connectivity index is 2.20. The molecule has 1 aliphatic rings. The number of hydrogen-bond acceptors (Lipinski definition) is 2. The second kappa shape index (κ2) is 4.07. The molecule has 0 saturated carbocycles. The van der Waals surface area contributed by atoms with E-state index in [0.717, 1.165) is 12.1 Å². The van der Waals surface area contributed by atoms with E-state index in [-0.39, 0.29) is 18.0 Å². The van der Waals surface area contributed by atoms with Crippen LogP contribution in [0.4, 0.5) is 4.39 Å². The lowest BCUT2D eigenvalue weighted by molar-refractivity contribution is -0.000381. The third kappa shape index (κ3) is 1.94. The van der Waals surface area contributed by atoms with E-state index in [4.69, 9.17) is 4.74 Å². The van der Waals surface area contributed by atoms with Gasteiger partial charge in [-0.1, -0.05) is 12.1 Å². The summed E-state index contributed by atoms with van der Waals surface area (Å²) >= 11 is 0. The highest BCUT2D eigenvalue weighted by Gasteiger charge is 2.23. The molecule has 1 N–H and O–H groups in total. The molecule has 0 aliphatic carbocycles. The number of morpholine rings is 1. The van der Waals surface area contributed by atoms with E-state index < -0.39 is 0 Å². The lowest BCUT2D eigenvalue weighted by Gasteiger charge is -2.30. The lowest BCUT2D eigenvalue weighted by Crippen LogP contribution is -2.41. The van der Waals surface area contributed by atoms with Crippen LogP contribution in [0.15, 0.2) is 24.3 Å². The first-order valence-electron chi connectivity index (χ1n) is 4.88. The van der Waals surface area contributed by atoms with Gasteiger partial charge in [0.15, 0.2) is 0 Å². The van der Waals surface area contributed by atoms with Crippen LogP contribution < -0.4 is 5.32 Å². The van der Waals surface area contributed by atoms with Gasteiger partial charge in [-0.2, -0.15) is 0 Å². The molecule has 0 unspecified atom stereocenters. The first-order chi connectivity index (χ1) is 6.77. The Morgan fingerprint density at radius 3 is 3.07 bits per heavy atom. The molecule has 1 fully saturated rings. The highest BCUT2D eigenvalue weighted by atomic mass is 19.1. The van der Waals surface area contributed by atoms with Crippen LogP contribution in [0.3, 0.4) is 0 Å². The van der Waals surface area contributed by atoms with E-state index in [0.29, 0.717) is 6.61 Å². The summed E-state index contributed by atoms with van der Waals surface area (Å²) < 4.78 is 18.6. The van der Waals surface area contributed by atoms with Crippen LogP contribution in [0.25, 0.3) is 0 Å². The maximum atomic E-state index is 13.0. The Morgan fingerprint density at radius 1 is 1.50 bits per heavy atom. The number of hydrogen-bond donors (Lipinski definition) is 1. The first kappa shape index (κ1) is 9.62. The molecule has 0 amide bonds. The third-order valence-electron chi connectivity index (χ3n) is 2.50. The minimum absolute atomic E-state index is 0.0283. The van der Waals surface area contributed by atoms with Gasteiger partial charge in [0.25, 0.3) is 0 Å². The number of benzene rings is 1. The van der Waals surface area contributed by atoms with Gasteiger partial charge >= 0.3 is 0 Å². The van der Waals surface area contributed by atoms with Gasteiger partial charge in [-0.15, -0.1) is 0 Å². The summed E-state index contributed by atoms with van der Waals surface area (Å²) in [5, 5.41) is 3.30. The Hall–Kier alpha value is -0.930. The largest absolute Gasteiger partial charge is 0.371 e. The van der Waals surface area contributed by atoms with Crippen molar-refractivity contribution in [3.05, 3.63) is 35.6 Å². The molecule has 0 spiro atoms. The standard InChI is InChI=1S/C11H14FNO/c1-8-11(14-6-5-13-8)9-3-2-4-10(12)7-9/h2-4,7-8,11,13H,5-6H2,1H3/t8-,11-/m0/s1. The molecule has 0 bridgehead atoms. The molecule has 1 heterocycles. The molecule has 0 aromatic heterocycles. The van der Waals surface area contributed by atoms with Crippen molar-refractivity contribution in [2.45, 2.75) is 19.1 Å². The highest BCUT2D eigenvalue weighted by Crippen LogP contribution is 2.23. The Kier molecular flexibility index (Phi) is 2.79. The van der Waals surface area contributed by atoms with Crippen LogP contribution in [0.1, 0.15) is 18.6 Å². The van der Waals surface area contributed by atoms with E-state index in [1.165, 1.54) is 12.1 Å². The molecule has 1 aromatic rings. The van der Waals surface area contributed by atoms with E-state index in [1.54, 1.807) is 6.07 Å². The van der Waals surface area contributed by atoms with Crippen LogP contribution in [-0.4, -0.2) is 19.2 Å². The van der Waals surface area contributed by atoms with Crippen molar-refractivity contribution in [1.29, 1.82) is 0 Å². The zero-order chi connectivity index (χ0) is 9.97. The summed E-state index contributed by atoms with van der Waals surface area (Å²) in [6.45, 7) is 3.60. The van der Waals surface area contributed by atoms with Gasteiger partial charge in [-0.3, -0.25) is 0 Å². The fraction of sp³-hybridized carbons (Fsp3) is 0.455. The SMILES string of the molecule is C[C@@H]1NCCO[C@@H]1c1cccc(F)c1. The molecule has 1 aliphatic heterocycles. The van der Waals surface area contributed by atoms with E-state index in [9.17, 15) is 4.39 Å². The second-order valence-electron chi connectivity index (χ2n) is 3.59. The van der Waals surface area contributed by atoms with Crippen LogP contribution in [-0.2, 0) is 4.74 Å². The molecule has 3 heteroatoms. The summed E-state index contributed by atoms with van der Waals surface area (Å²) in [6, 6.07) is 6.84. The molecule has 0 radical (unpaired) electrons. The van der Waals surface area contributed by atoms with Crippen molar-refractivity contribution in [2.75, 3.05) is 13.2 Å². The third-order valence-corrected chi connectivity index (χ3v) is 2.50. The zero-order valence-electron chi connectivity index (χ0n) is 8.16. The van der Waals surface area contributed by atoms with Gasteiger partial charge in [0, 0.05) is 12.6 Å². The van der Waals surface area contributed by atoms with Crippen LogP contribution in [0.2, 0.25) is 0 Å². The van der Waals surface area contributed by atoms with Gasteiger partial charge in [-0.05, 0) is 24.6 Å². The Labute approximate surface area is 83.1 Å². The number of ether oxygens (including phenoxy) is 1. The quantitative estimate of drug-likeness (QED) is 0.738. The number of halogens is 1. The molecule has 76 valence electrons. The summed E-state index contributed by atoms with van der Waals surface area (Å²) in [4.78, 5) is 0. The summed E-state index contributed by atoms with van der Waals surface area (Å²) in [7, 11) is 0. The minimum atomic E-state index is -0.205. The average molecular weight is 195 g/mol. The zero-order valence-corrected chi connectivity index (χ0v) is 8.16. The smallest absolute Gasteiger partial charge is 0.123 e. The van der Waals surface area contributed by atoms with Gasteiger partial charge in [0.2, 0.25) is 0 Å². The fourth-order valence-electron chi connectivity index (χ4n) is 1.79.